The van der Waals surface area contributed by atoms with Gasteiger partial charge in [0.1, 0.15) is 5.60 Å². The first kappa shape index (κ1) is 10.8. The van der Waals surface area contributed by atoms with Gasteiger partial charge < -0.3 is 4.74 Å². The standard InChI is InChI=1S/C10H13NO/c1-5-10(4,9(2)3)12-8-6-7-11/h1H,2,6,8H2,3-4H3. The molecule has 0 saturated carbocycles. The van der Waals surface area contributed by atoms with Crippen LogP contribution in [-0.4, -0.2) is 12.2 Å². The number of nitrogens with zero attached hydrogens (tertiary/aromatic N) is 1. The highest BCUT2D eigenvalue weighted by molar-refractivity contribution is 5.23. The van der Waals surface area contributed by atoms with Crippen LogP contribution in [0, 0.1) is 23.7 Å². The average Bonchev–Trinajstić information content (AvgIpc) is 2.04. The van der Waals surface area contributed by atoms with Crippen LogP contribution in [-0.2, 0) is 4.74 Å². The number of rotatable bonds is 4. The summed E-state index contributed by atoms with van der Waals surface area (Å²) >= 11 is 0. The van der Waals surface area contributed by atoms with E-state index < -0.39 is 5.60 Å². The van der Waals surface area contributed by atoms with E-state index in [4.69, 9.17) is 16.4 Å². The van der Waals surface area contributed by atoms with Gasteiger partial charge in [0.2, 0.25) is 0 Å². The molecule has 1 unspecified atom stereocenters. The SMILES string of the molecule is C#CC(C)(OCCC#N)C(=C)C. The van der Waals surface area contributed by atoms with Crippen LogP contribution in [0.4, 0.5) is 0 Å². The third kappa shape index (κ3) is 2.78. The van der Waals surface area contributed by atoms with Crippen LogP contribution in [0.25, 0.3) is 0 Å². The molecule has 0 spiro atoms. The van der Waals surface area contributed by atoms with Gasteiger partial charge in [-0.3, -0.25) is 0 Å². The Balaban J connectivity index is 4.11. The minimum atomic E-state index is -0.725. The van der Waals surface area contributed by atoms with Gasteiger partial charge in [0.25, 0.3) is 0 Å². The summed E-state index contributed by atoms with van der Waals surface area (Å²) in [5, 5.41) is 8.27. The Hall–Kier alpha value is -1.25. The van der Waals surface area contributed by atoms with Crippen molar-refractivity contribution in [1.82, 2.24) is 0 Å². The van der Waals surface area contributed by atoms with E-state index in [0.717, 1.165) is 5.57 Å². The molecule has 0 aliphatic heterocycles. The fourth-order valence-corrected chi connectivity index (χ4v) is 0.589. The second kappa shape index (κ2) is 4.59. The lowest BCUT2D eigenvalue weighted by atomic mass is 10.00. The van der Waals surface area contributed by atoms with Crippen LogP contribution >= 0.6 is 0 Å². The predicted molar refractivity (Wildman–Crippen MR) is 48.2 cm³/mol. The van der Waals surface area contributed by atoms with Gasteiger partial charge in [-0.25, -0.2) is 0 Å². The summed E-state index contributed by atoms with van der Waals surface area (Å²) < 4.78 is 5.32. The smallest absolute Gasteiger partial charge is 0.146 e. The number of hydrogen-bond donors (Lipinski definition) is 0. The highest BCUT2D eigenvalue weighted by Gasteiger charge is 2.22. The predicted octanol–water partition coefficient (Wildman–Crippen LogP) is 1.88. The summed E-state index contributed by atoms with van der Waals surface area (Å²) in [4.78, 5) is 0. The van der Waals surface area contributed by atoms with Gasteiger partial charge in [-0.15, -0.1) is 6.42 Å². The fourth-order valence-electron chi connectivity index (χ4n) is 0.589. The van der Waals surface area contributed by atoms with Crippen LogP contribution in [0.2, 0.25) is 0 Å². The lowest BCUT2D eigenvalue weighted by molar-refractivity contribution is 0.0441. The van der Waals surface area contributed by atoms with Crippen molar-refractivity contribution >= 4 is 0 Å². The molecule has 0 aromatic rings. The van der Waals surface area contributed by atoms with E-state index in [0.29, 0.717) is 13.0 Å². The molecule has 0 bridgehead atoms. The molecule has 12 heavy (non-hydrogen) atoms. The Morgan fingerprint density at radius 3 is 2.67 bits per heavy atom. The Kier molecular flexibility index (Phi) is 4.11. The van der Waals surface area contributed by atoms with Gasteiger partial charge in [-0.2, -0.15) is 5.26 Å². The molecule has 2 nitrogen and oxygen atoms in total. The Morgan fingerprint density at radius 2 is 2.33 bits per heavy atom. The van der Waals surface area contributed by atoms with Crippen molar-refractivity contribution in [3.05, 3.63) is 12.2 Å². The van der Waals surface area contributed by atoms with E-state index >= 15 is 0 Å². The van der Waals surface area contributed by atoms with Crippen LogP contribution < -0.4 is 0 Å². The monoisotopic (exact) mass is 163 g/mol. The first-order valence-corrected chi connectivity index (χ1v) is 3.71. The van der Waals surface area contributed by atoms with E-state index in [9.17, 15) is 0 Å². The van der Waals surface area contributed by atoms with Crippen molar-refractivity contribution in [2.75, 3.05) is 6.61 Å². The van der Waals surface area contributed by atoms with E-state index in [-0.39, 0.29) is 0 Å². The summed E-state index contributed by atoms with van der Waals surface area (Å²) in [5.41, 5.74) is 0.0552. The fraction of sp³-hybridized carbons (Fsp3) is 0.500. The summed E-state index contributed by atoms with van der Waals surface area (Å²) in [6.45, 7) is 7.66. The number of nitriles is 1. The molecule has 2 heteroatoms. The van der Waals surface area contributed by atoms with E-state index in [1.807, 2.05) is 13.0 Å². The molecule has 0 aliphatic rings. The van der Waals surface area contributed by atoms with E-state index in [1.54, 1.807) is 6.92 Å². The van der Waals surface area contributed by atoms with E-state index in [2.05, 4.69) is 12.5 Å². The zero-order valence-electron chi connectivity index (χ0n) is 7.55. The topological polar surface area (TPSA) is 33.0 Å². The Bertz CT molecular complexity index is 244. The number of ether oxygens (including phenoxy) is 1. The van der Waals surface area contributed by atoms with Gasteiger partial charge >= 0.3 is 0 Å². The van der Waals surface area contributed by atoms with Gasteiger partial charge in [0, 0.05) is 0 Å². The number of hydrogen-bond acceptors (Lipinski definition) is 2. The maximum absolute atomic E-state index is 8.27. The van der Waals surface area contributed by atoms with Crippen molar-refractivity contribution in [2.24, 2.45) is 0 Å². The third-order valence-corrected chi connectivity index (χ3v) is 1.69. The maximum Gasteiger partial charge on any atom is 0.146 e. The lowest BCUT2D eigenvalue weighted by Crippen LogP contribution is -2.28. The van der Waals surface area contributed by atoms with Crippen LogP contribution in [0.5, 0.6) is 0 Å². The molecular formula is C10H13NO. The van der Waals surface area contributed by atoms with Crippen LogP contribution in [0.3, 0.4) is 0 Å². The maximum atomic E-state index is 8.27. The van der Waals surface area contributed by atoms with Crippen LogP contribution in [0.1, 0.15) is 20.3 Å². The van der Waals surface area contributed by atoms with Crippen molar-refractivity contribution < 1.29 is 4.74 Å². The summed E-state index contributed by atoms with van der Waals surface area (Å²) in [6, 6.07) is 1.98. The molecule has 0 saturated heterocycles. The molecule has 0 fully saturated rings. The quantitative estimate of drug-likeness (QED) is 0.360. The van der Waals surface area contributed by atoms with Crippen molar-refractivity contribution in [3.8, 4) is 18.4 Å². The van der Waals surface area contributed by atoms with Gasteiger partial charge in [0.05, 0.1) is 19.1 Å². The molecule has 0 N–H and O–H groups in total. The summed E-state index contributed by atoms with van der Waals surface area (Å²) in [6.07, 6.45) is 5.62. The molecule has 0 rings (SSSR count). The molecule has 64 valence electrons. The molecule has 0 radical (unpaired) electrons. The van der Waals surface area contributed by atoms with Crippen molar-refractivity contribution in [2.45, 2.75) is 25.9 Å². The van der Waals surface area contributed by atoms with Crippen LogP contribution in [0.15, 0.2) is 12.2 Å². The molecule has 0 aliphatic carbocycles. The highest BCUT2D eigenvalue weighted by atomic mass is 16.5. The molecule has 0 aromatic carbocycles. The third-order valence-electron chi connectivity index (χ3n) is 1.69. The first-order valence-electron chi connectivity index (χ1n) is 3.71. The average molecular weight is 163 g/mol. The van der Waals surface area contributed by atoms with Gasteiger partial charge in [0.15, 0.2) is 0 Å². The van der Waals surface area contributed by atoms with Gasteiger partial charge in [-0.1, -0.05) is 12.5 Å². The largest absolute Gasteiger partial charge is 0.358 e. The minimum absolute atomic E-state index is 0.351. The molecule has 0 heterocycles. The zero-order valence-corrected chi connectivity index (χ0v) is 7.55. The normalized spacial score (nSPS) is 14.0. The summed E-state index contributed by atoms with van der Waals surface area (Å²) in [7, 11) is 0. The molecule has 0 aromatic heterocycles. The van der Waals surface area contributed by atoms with E-state index in [1.165, 1.54) is 0 Å². The van der Waals surface area contributed by atoms with Gasteiger partial charge in [-0.05, 0) is 19.4 Å². The minimum Gasteiger partial charge on any atom is -0.358 e. The summed E-state index contributed by atoms with van der Waals surface area (Å²) in [5.74, 6) is 2.51. The molecule has 0 amide bonds. The molecule has 1 atom stereocenters. The first-order chi connectivity index (χ1) is 5.56. The lowest BCUT2D eigenvalue weighted by Gasteiger charge is -2.23. The Labute approximate surface area is 73.8 Å². The Morgan fingerprint density at radius 1 is 1.75 bits per heavy atom. The van der Waals surface area contributed by atoms with Crippen molar-refractivity contribution in [3.63, 3.8) is 0 Å². The molecular weight excluding hydrogens is 150 g/mol. The van der Waals surface area contributed by atoms with Crippen molar-refractivity contribution in [1.29, 1.82) is 5.26 Å². The number of terminal acetylenes is 1. The second-order valence-corrected chi connectivity index (χ2v) is 2.71. The highest BCUT2D eigenvalue weighted by Crippen LogP contribution is 2.18. The second-order valence-electron chi connectivity index (χ2n) is 2.71. The zero-order chi connectivity index (χ0) is 9.61.